The number of fused-ring (bicyclic) bond motifs is 3. The number of hydrogen-bond acceptors (Lipinski definition) is 5. The summed E-state index contributed by atoms with van der Waals surface area (Å²) in [4.78, 5) is 27.5. The van der Waals surface area contributed by atoms with Gasteiger partial charge in [-0.05, 0) is 29.8 Å². The minimum absolute atomic E-state index is 0. The Labute approximate surface area is 194 Å². The highest BCUT2D eigenvalue weighted by atomic mass is 35.5. The van der Waals surface area contributed by atoms with E-state index in [9.17, 15) is 9.90 Å². The molecule has 0 saturated heterocycles. The van der Waals surface area contributed by atoms with Crippen molar-refractivity contribution < 1.29 is 9.90 Å². The molecule has 2 aromatic carbocycles. The zero-order chi connectivity index (χ0) is 20.0. The maximum Gasteiger partial charge on any atom is 0.269 e. The normalized spacial score (nSPS) is 11.7. The lowest BCUT2D eigenvalue weighted by molar-refractivity contribution is 0.0996. The van der Waals surface area contributed by atoms with Crippen molar-refractivity contribution in [1.29, 1.82) is 0 Å². The summed E-state index contributed by atoms with van der Waals surface area (Å²) in [6.45, 7) is 0. The third-order valence-electron chi connectivity index (χ3n) is 4.88. The summed E-state index contributed by atoms with van der Waals surface area (Å²) in [7, 11) is 1.76. The Balaban J connectivity index is 0.00000136. The van der Waals surface area contributed by atoms with Crippen LogP contribution in [0.5, 0.6) is 0 Å². The van der Waals surface area contributed by atoms with E-state index in [1.807, 2.05) is 59.1 Å². The van der Waals surface area contributed by atoms with E-state index in [1.165, 1.54) is 11.3 Å². The molecule has 3 aromatic heterocycles. The van der Waals surface area contributed by atoms with Crippen LogP contribution in [-0.2, 0) is 0 Å². The Bertz CT molecular complexity index is 1320. The van der Waals surface area contributed by atoms with Crippen LogP contribution in [0.1, 0.15) is 27.2 Å². The molecule has 0 aliphatic rings. The van der Waals surface area contributed by atoms with Crippen molar-refractivity contribution in [3.63, 3.8) is 0 Å². The SMILES string of the molecule is CN(C(=O)c1cn2c(nc3cc(C(O)c4ncc[nH]4)ccc32)s1)c1ccccc1.Cl.Cl. The summed E-state index contributed by atoms with van der Waals surface area (Å²) in [5, 5.41) is 10.5. The van der Waals surface area contributed by atoms with E-state index in [0.717, 1.165) is 21.7 Å². The van der Waals surface area contributed by atoms with Crippen molar-refractivity contribution in [2.45, 2.75) is 6.10 Å². The number of nitrogens with zero attached hydrogens (tertiary/aromatic N) is 4. The Morgan fingerprint density at radius 3 is 2.68 bits per heavy atom. The molecule has 0 radical (unpaired) electrons. The van der Waals surface area contributed by atoms with Gasteiger partial charge in [0.2, 0.25) is 0 Å². The molecule has 5 rings (SSSR count). The van der Waals surface area contributed by atoms with Crippen LogP contribution in [0.25, 0.3) is 16.0 Å². The number of nitrogens with one attached hydrogen (secondary N) is 1. The number of carbonyl (C=O) groups excluding carboxylic acids is 1. The molecule has 1 atom stereocenters. The first kappa shape index (κ1) is 22.8. The van der Waals surface area contributed by atoms with Crippen molar-refractivity contribution in [2.75, 3.05) is 11.9 Å². The number of para-hydroxylation sites is 1. The number of aromatic amines is 1. The Morgan fingerprint density at radius 2 is 1.97 bits per heavy atom. The van der Waals surface area contributed by atoms with E-state index >= 15 is 0 Å². The smallest absolute Gasteiger partial charge is 0.269 e. The van der Waals surface area contributed by atoms with Crippen molar-refractivity contribution >= 4 is 63.7 Å². The third-order valence-corrected chi connectivity index (χ3v) is 5.85. The monoisotopic (exact) mass is 475 g/mol. The quantitative estimate of drug-likeness (QED) is 0.401. The molecule has 2 N–H and O–H groups in total. The second kappa shape index (κ2) is 9.07. The first-order chi connectivity index (χ1) is 14.1. The molecule has 0 saturated carbocycles. The van der Waals surface area contributed by atoms with Crippen LogP contribution >= 0.6 is 36.2 Å². The zero-order valence-electron chi connectivity index (χ0n) is 16.3. The van der Waals surface area contributed by atoms with E-state index in [0.29, 0.717) is 16.3 Å². The first-order valence-corrected chi connectivity index (χ1v) is 9.85. The van der Waals surface area contributed by atoms with Crippen molar-refractivity contribution in [3.05, 3.63) is 83.4 Å². The van der Waals surface area contributed by atoms with Gasteiger partial charge in [0.25, 0.3) is 5.91 Å². The first-order valence-electron chi connectivity index (χ1n) is 9.04. The van der Waals surface area contributed by atoms with E-state index in [1.54, 1.807) is 24.3 Å². The number of aromatic nitrogens is 4. The second-order valence-corrected chi connectivity index (χ2v) is 7.69. The molecule has 0 bridgehead atoms. The molecule has 3 heterocycles. The molecular formula is C21H19Cl2N5O2S. The van der Waals surface area contributed by atoms with E-state index in [-0.39, 0.29) is 30.7 Å². The molecule has 1 amide bonds. The summed E-state index contributed by atoms with van der Waals surface area (Å²) in [5.41, 5.74) is 3.19. The number of imidazole rings is 2. The number of halogens is 2. The average Bonchev–Trinajstić information content (AvgIpc) is 3.48. The Hall–Kier alpha value is -2.91. The van der Waals surface area contributed by atoms with Crippen molar-refractivity contribution in [3.8, 4) is 0 Å². The fourth-order valence-corrected chi connectivity index (χ4v) is 4.29. The van der Waals surface area contributed by atoms with Crippen LogP contribution < -0.4 is 4.90 Å². The van der Waals surface area contributed by atoms with Gasteiger partial charge in [-0.25, -0.2) is 9.97 Å². The molecule has 10 heteroatoms. The fourth-order valence-electron chi connectivity index (χ4n) is 3.32. The number of benzene rings is 2. The number of thiazole rings is 1. The topological polar surface area (TPSA) is 86.5 Å². The van der Waals surface area contributed by atoms with Crippen LogP contribution in [-0.4, -0.2) is 37.4 Å². The summed E-state index contributed by atoms with van der Waals surface area (Å²) >= 11 is 1.35. The largest absolute Gasteiger partial charge is 0.380 e. The molecule has 5 aromatic rings. The highest BCUT2D eigenvalue weighted by Gasteiger charge is 2.20. The van der Waals surface area contributed by atoms with Crippen LogP contribution in [0.4, 0.5) is 5.69 Å². The number of aliphatic hydroxyl groups excluding tert-OH is 1. The number of H-pyrrole nitrogens is 1. The molecule has 0 aliphatic heterocycles. The lowest BCUT2D eigenvalue weighted by Gasteiger charge is -2.15. The van der Waals surface area contributed by atoms with E-state index < -0.39 is 6.10 Å². The van der Waals surface area contributed by atoms with Gasteiger partial charge in [0.05, 0.1) is 11.0 Å². The van der Waals surface area contributed by atoms with Crippen molar-refractivity contribution in [2.24, 2.45) is 0 Å². The maximum absolute atomic E-state index is 12.9. The van der Waals surface area contributed by atoms with E-state index in [4.69, 9.17) is 0 Å². The second-order valence-electron chi connectivity index (χ2n) is 6.68. The highest BCUT2D eigenvalue weighted by molar-refractivity contribution is 7.19. The van der Waals surface area contributed by atoms with Gasteiger partial charge in [0, 0.05) is 31.3 Å². The van der Waals surface area contributed by atoms with Gasteiger partial charge in [-0.2, -0.15) is 0 Å². The molecule has 160 valence electrons. The molecule has 0 aliphatic carbocycles. The lowest BCUT2D eigenvalue weighted by Crippen LogP contribution is -2.25. The van der Waals surface area contributed by atoms with Crippen LogP contribution in [0.2, 0.25) is 0 Å². The van der Waals surface area contributed by atoms with Gasteiger partial charge in [0.15, 0.2) is 4.96 Å². The average molecular weight is 476 g/mol. The number of hydrogen-bond donors (Lipinski definition) is 2. The van der Waals surface area contributed by atoms with Gasteiger partial charge in [-0.15, -0.1) is 24.8 Å². The van der Waals surface area contributed by atoms with Gasteiger partial charge in [0.1, 0.15) is 16.8 Å². The fraction of sp³-hybridized carbons (Fsp3) is 0.0952. The molecule has 1 unspecified atom stereocenters. The van der Waals surface area contributed by atoms with Gasteiger partial charge in [-0.3, -0.25) is 9.20 Å². The number of anilines is 1. The third kappa shape index (κ3) is 4.03. The summed E-state index contributed by atoms with van der Waals surface area (Å²) in [5.74, 6) is 0.409. The number of amides is 1. The van der Waals surface area contributed by atoms with Gasteiger partial charge in [-0.1, -0.05) is 35.6 Å². The number of aliphatic hydroxyl groups is 1. The van der Waals surface area contributed by atoms with Gasteiger partial charge >= 0.3 is 0 Å². The Morgan fingerprint density at radius 1 is 1.19 bits per heavy atom. The maximum atomic E-state index is 12.9. The Kier molecular flexibility index (Phi) is 6.66. The van der Waals surface area contributed by atoms with Crippen LogP contribution in [0.15, 0.2) is 67.1 Å². The number of carbonyl (C=O) groups is 1. The molecule has 0 spiro atoms. The number of rotatable bonds is 4. The van der Waals surface area contributed by atoms with Crippen molar-refractivity contribution in [1.82, 2.24) is 19.4 Å². The summed E-state index contributed by atoms with van der Waals surface area (Å²) < 4.78 is 1.91. The summed E-state index contributed by atoms with van der Waals surface area (Å²) in [6.07, 6.45) is 4.26. The van der Waals surface area contributed by atoms with Gasteiger partial charge < -0.3 is 15.0 Å². The molecular weight excluding hydrogens is 457 g/mol. The molecule has 31 heavy (non-hydrogen) atoms. The minimum Gasteiger partial charge on any atom is -0.380 e. The predicted molar refractivity (Wildman–Crippen MR) is 127 cm³/mol. The van der Waals surface area contributed by atoms with Crippen LogP contribution in [0, 0.1) is 0 Å². The zero-order valence-corrected chi connectivity index (χ0v) is 18.7. The minimum atomic E-state index is -0.842. The van der Waals surface area contributed by atoms with Crippen LogP contribution in [0.3, 0.4) is 0 Å². The van der Waals surface area contributed by atoms with E-state index in [2.05, 4.69) is 15.0 Å². The molecule has 7 nitrogen and oxygen atoms in total. The highest BCUT2D eigenvalue weighted by Crippen LogP contribution is 2.28. The summed E-state index contributed by atoms with van der Waals surface area (Å²) in [6, 6.07) is 15.1. The predicted octanol–water partition coefficient (Wildman–Crippen LogP) is 4.47. The molecule has 0 fully saturated rings. The standard InChI is InChI=1S/C21H17N5O2S.2ClH/c1-25(14-5-3-2-4-6-14)20(28)17-12-26-16-8-7-13(11-15(16)24-21(26)29-17)18(27)19-22-9-10-23-19;;/h2-12,18,27H,1H3,(H,22,23);2*1H. The lowest BCUT2D eigenvalue weighted by atomic mass is 10.1.